The van der Waals surface area contributed by atoms with Gasteiger partial charge in [-0.15, -0.1) is 0 Å². The van der Waals surface area contributed by atoms with Crippen molar-refractivity contribution < 1.29 is 18.7 Å². The SMILES string of the molecule is CCCc1cc(-c2cc(NCCc3c(F)cc(Br)cc3F)ncn2)ccc1C(=O)O. The number of nitrogens with one attached hydrogen (secondary N) is 1. The molecule has 1 aromatic heterocycles. The molecule has 0 unspecified atom stereocenters. The van der Waals surface area contributed by atoms with E-state index in [1.807, 2.05) is 13.0 Å². The molecule has 0 atom stereocenters. The van der Waals surface area contributed by atoms with E-state index in [1.165, 1.54) is 18.5 Å². The second-order valence-electron chi connectivity index (χ2n) is 6.74. The van der Waals surface area contributed by atoms with Crippen LogP contribution in [0.15, 0.2) is 47.2 Å². The average Bonchev–Trinajstić information content (AvgIpc) is 2.70. The van der Waals surface area contributed by atoms with Gasteiger partial charge in [-0.3, -0.25) is 0 Å². The first kappa shape index (κ1) is 21.8. The lowest BCUT2D eigenvalue weighted by atomic mass is 9.99. The first-order valence-corrected chi connectivity index (χ1v) is 10.2. The number of aromatic nitrogens is 2. The number of aryl methyl sites for hydroxylation is 1. The third-order valence-electron chi connectivity index (χ3n) is 4.60. The molecule has 3 aromatic rings. The third kappa shape index (κ3) is 5.18. The van der Waals surface area contributed by atoms with Crippen LogP contribution in [0.5, 0.6) is 0 Å². The molecule has 0 saturated carbocycles. The molecule has 0 aliphatic heterocycles. The number of rotatable bonds is 8. The van der Waals surface area contributed by atoms with E-state index in [9.17, 15) is 18.7 Å². The zero-order chi connectivity index (χ0) is 21.7. The maximum Gasteiger partial charge on any atom is 0.335 e. The summed E-state index contributed by atoms with van der Waals surface area (Å²) in [6, 6.07) is 9.30. The first-order valence-electron chi connectivity index (χ1n) is 9.45. The van der Waals surface area contributed by atoms with E-state index in [-0.39, 0.29) is 24.1 Å². The number of aromatic carboxylic acids is 1. The van der Waals surface area contributed by atoms with Gasteiger partial charge in [0.1, 0.15) is 23.8 Å². The highest BCUT2D eigenvalue weighted by molar-refractivity contribution is 9.10. The van der Waals surface area contributed by atoms with Gasteiger partial charge in [-0.2, -0.15) is 0 Å². The number of halogens is 3. The lowest BCUT2D eigenvalue weighted by molar-refractivity contribution is 0.0695. The second kappa shape index (κ2) is 9.75. The second-order valence-corrected chi connectivity index (χ2v) is 7.66. The molecule has 0 fully saturated rings. The van der Waals surface area contributed by atoms with Gasteiger partial charge >= 0.3 is 5.97 Å². The molecule has 0 radical (unpaired) electrons. The molecule has 156 valence electrons. The Bertz CT molecular complexity index is 1050. The maximum atomic E-state index is 13.9. The van der Waals surface area contributed by atoms with Crippen LogP contribution in [-0.4, -0.2) is 27.6 Å². The largest absolute Gasteiger partial charge is 0.478 e. The minimum Gasteiger partial charge on any atom is -0.478 e. The molecule has 0 amide bonds. The minimum atomic E-state index is -0.956. The summed E-state index contributed by atoms with van der Waals surface area (Å²) < 4.78 is 28.2. The lowest BCUT2D eigenvalue weighted by Gasteiger charge is -2.10. The molecule has 5 nitrogen and oxygen atoms in total. The van der Waals surface area contributed by atoms with Crippen molar-refractivity contribution in [2.75, 3.05) is 11.9 Å². The molecule has 0 saturated heterocycles. The number of carboxylic acid groups (broad SMARTS) is 1. The van der Waals surface area contributed by atoms with E-state index < -0.39 is 17.6 Å². The molecule has 30 heavy (non-hydrogen) atoms. The van der Waals surface area contributed by atoms with Crippen LogP contribution in [0.2, 0.25) is 0 Å². The fraction of sp³-hybridized carbons (Fsp3) is 0.227. The Morgan fingerprint density at radius 3 is 2.50 bits per heavy atom. The number of anilines is 1. The van der Waals surface area contributed by atoms with Crippen LogP contribution in [0, 0.1) is 11.6 Å². The Kier molecular flexibility index (Phi) is 7.10. The van der Waals surface area contributed by atoms with E-state index in [1.54, 1.807) is 18.2 Å². The van der Waals surface area contributed by atoms with Crippen LogP contribution >= 0.6 is 15.9 Å². The fourth-order valence-electron chi connectivity index (χ4n) is 3.18. The Morgan fingerprint density at radius 2 is 1.83 bits per heavy atom. The molecular formula is C22H20BrF2N3O2. The number of carboxylic acids is 1. The summed E-state index contributed by atoms with van der Waals surface area (Å²) in [5.74, 6) is -1.65. The van der Waals surface area contributed by atoms with E-state index in [0.29, 0.717) is 22.4 Å². The topological polar surface area (TPSA) is 75.1 Å². The molecule has 0 aliphatic carbocycles. The van der Waals surface area contributed by atoms with Crippen LogP contribution < -0.4 is 5.32 Å². The van der Waals surface area contributed by atoms with Crippen LogP contribution in [0.4, 0.5) is 14.6 Å². The number of hydrogen-bond donors (Lipinski definition) is 2. The van der Waals surface area contributed by atoms with Gasteiger partial charge in [-0.05, 0) is 42.7 Å². The van der Waals surface area contributed by atoms with Crippen LogP contribution in [0.25, 0.3) is 11.3 Å². The summed E-state index contributed by atoms with van der Waals surface area (Å²) in [6.07, 6.45) is 3.01. The van der Waals surface area contributed by atoms with Gasteiger partial charge in [0, 0.05) is 28.2 Å². The number of carbonyl (C=O) groups is 1. The number of nitrogens with zero attached hydrogens (tertiary/aromatic N) is 2. The van der Waals surface area contributed by atoms with E-state index in [2.05, 4.69) is 31.2 Å². The molecule has 0 spiro atoms. The van der Waals surface area contributed by atoms with Gasteiger partial charge in [-0.1, -0.05) is 35.3 Å². The predicted molar refractivity (Wildman–Crippen MR) is 115 cm³/mol. The Hall–Kier alpha value is -2.87. The summed E-state index contributed by atoms with van der Waals surface area (Å²) in [5.41, 5.74) is 2.44. The van der Waals surface area contributed by atoms with Gasteiger partial charge in [0.15, 0.2) is 0 Å². The number of hydrogen-bond acceptors (Lipinski definition) is 4. The van der Waals surface area contributed by atoms with Gasteiger partial charge in [0.25, 0.3) is 0 Å². The van der Waals surface area contributed by atoms with Crippen molar-refractivity contribution in [1.29, 1.82) is 0 Å². The standard InChI is InChI=1S/C22H20BrF2N3O2/c1-2-3-13-8-14(4-5-16(13)22(29)30)20-11-21(28-12-27-20)26-7-6-17-18(24)9-15(23)10-19(17)25/h4-5,8-12H,2-3,6-7H2,1H3,(H,29,30)(H,26,27,28). The van der Waals surface area contributed by atoms with Gasteiger partial charge in [0.2, 0.25) is 0 Å². The zero-order valence-electron chi connectivity index (χ0n) is 16.3. The van der Waals surface area contributed by atoms with Gasteiger partial charge in [0.05, 0.1) is 11.3 Å². The van der Waals surface area contributed by atoms with Crippen molar-refractivity contribution in [3.05, 3.63) is 75.5 Å². The summed E-state index contributed by atoms with van der Waals surface area (Å²) in [5, 5.41) is 12.4. The van der Waals surface area contributed by atoms with Crippen molar-refractivity contribution in [3.63, 3.8) is 0 Å². The Labute approximate surface area is 181 Å². The van der Waals surface area contributed by atoms with Crippen molar-refractivity contribution in [2.24, 2.45) is 0 Å². The summed E-state index contributed by atoms with van der Waals surface area (Å²) >= 11 is 3.06. The quantitative estimate of drug-likeness (QED) is 0.450. The van der Waals surface area contributed by atoms with Crippen LogP contribution in [0.3, 0.4) is 0 Å². The van der Waals surface area contributed by atoms with Crippen molar-refractivity contribution >= 4 is 27.7 Å². The predicted octanol–water partition coefficient (Wildman–Crippen LogP) is 5.49. The first-order chi connectivity index (χ1) is 14.4. The van der Waals surface area contributed by atoms with Crippen molar-refractivity contribution in [3.8, 4) is 11.3 Å². The highest BCUT2D eigenvalue weighted by Crippen LogP contribution is 2.24. The smallest absolute Gasteiger partial charge is 0.335 e. The van der Waals surface area contributed by atoms with E-state index in [0.717, 1.165) is 17.5 Å². The average molecular weight is 476 g/mol. The molecule has 8 heteroatoms. The number of benzene rings is 2. The highest BCUT2D eigenvalue weighted by Gasteiger charge is 2.13. The van der Waals surface area contributed by atoms with Gasteiger partial charge < -0.3 is 10.4 Å². The maximum absolute atomic E-state index is 13.9. The van der Waals surface area contributed by atoms with Crippen LogP contribution in [0.1, 0.15) is 34.8 Å². The monoisotopic (exact) mass is 475 g/mol. The van der Waals surface area contributed by atoms with Crippen molar-refractivity contribution in [1.82, 2.24) is 9.97 Å². The normalized spacial score (nSPS) is 10.8. The fourth-order valence-corrected chi connectivity index (χ4v) is 3.58. The highest BCUT2D eigenvalue weighted by atomic mass is 79.9. The molecular weight excluding hydrogens is 456 g/mol. The lowest BCUT2D eigenvalue weighted by Crippen LogP contribution is -2.09. The Balaban J connectivity index is 1.75. The van der Waals surface area contributed by atoms with Crippen LogP contribution in [-0.2, 0) is 12.8 Å². The zero-order valence-corrected chi connectivity index (χ0v) is 17.8. The van der Waals surface area contributed by atoms with E-state index >= 15 is 0 Å². The van der Waals surface area contributed by atoms with E-state index in [4.69, 9.17) is 0 Å². The molecule has 0 aliphatic rings. The summed E-state index contributed by atoms with van der Waals surface area (Å²) in [7, 11) is 0. The molecule has 1 heterocycles. The third-order valence-corrected chi connectivity index (χ3v) is 5.06. The molecule has 0 bridgehead atoms. The van der Waals surface area contributed by atoms with Crippen molar-refractivity contribution in [2.45, 2.75) is 26.2 Å². The molecule has 2 aromatic carbocycles. The van der Waals surface area contributed by atoms with Gasteiger partial charge in [-0.25, -0.2) is 23.5 Å². The minimum absolute atomic E-state index is 0.00782. The molecule has 2 N–H and O–H groups in total. The molecule has 3 rings (SSSR count). The Morgan fingerprint density at radius 1 is 1.10 bits per heavy atom. The summed E-state index contributed by atoms with van der Waals surface area (Å²) in [4.78, 5) is 19.8. The summed E-state index contributed by atoms with van der Waals surface area (Å²) in [6.45, 7) is 2.27.